The Morgan fingerprint density at radius 2 is 1.53 bits per heavy atom. The highest BCUT2D eigenvalue weighted by molar-refractivity contribution is 6.05. The predicted octanol–water partition coefficient (Wildman–Crippen LogP) is 10.5. The largest absolute Gasteiger partial charge is 0.493 e. The van der Waals surface area contributed by atoms with Crippen molar-refractivity contribution in [3.63, 3.8) is 0 Å². The number of hydrogen-bond donors (Lipinski definition) is 1. The number of benzene rings is 4. The summed E-state index contributed by atoms with van der Waals surface area (Å²) >= 11 is 0. The van der Waals surface area contributed by atoms with Crippen LogP contribution in [0.25, 0.3) is 11.1 Å². The van der Waals surface area contributed by atoms with Gasteiger partial charge < -0.3 is 39.4 Å². The first-order valence-electron chi connectivity index (χ1n) is 22.3. The van der Waals surface area contributed by atoms with Gasteiger partial charge in [0.25, 0.3) is 5.91 Å². The molecule has 338 valence electrons. The van der Waals surface area contributed by atoms with Crippen LogP contribution in [-0.4, -0.2) is 94.4 Å². The van der Waals surface area contributed by atoms with Gasteiger partial charge in [0.15, 0.2) is 28.8 Å². The number of fused-ring (bicyclic) bond motifs is 2. The van der Waals surface area contributed by atoms with Crippen LogP contribution in [-0.2, 0) is 0 Å². The van der Waals surface area contributed by atoms with Crippen LogP contribution in [0.5, 0.6) is 23.0 Å². The van der Waals surface area contributed by atoms with Gasteiger partial charge in [-0.25, -0.2) is 0 Å². The zero-order valence-corrected chi connectivity index (χ0v) is 38.7. The molecule has 0 aliphatic carbocycles. The van der Waals surface area contributed by atoms with Crippen molar-refractivity contribution in [2.45, 2.75) is 65.8 Å². The van der Waals surface area contributed by atoms with Crippen molar-refractivity contribution in [3.8, 4) is 23.0 Å². The average molecular weight is 868 g/mol. The lowest BCUT2D eigenvalue weighted by Gasteiger charge is -2.34. The summed E-state index contributed by atoms with van der Waals surface area (Å²) in [5.74, 6) is 2.60. The van der Waals surface area contributed by atoms with Crippen molar-refractivity contribution in [2.24, 2.45) is 10.9 Å². The molecule has 2 atom stereocenters. The third-order valence-corrected chi connectivity index (χ3v) is 12.1. The number of amides is 1. The van der Waals surface area contributed by atoms with E-state index >= 15 is 0 Å². The molecule has 0 saturated carbocycles. The van der Waals surface area contributed by atoms with Gasteiger partial charge in [0.2, 0.25) is 0 Å². The van der Waals surface area contributed by atoms with Crippen molar-refractivity contribution in [1.29, 1.82) is 0 Å². The van der Waals surface area contributed by atoms with Crippen LogP contribution >= 0.6 is 0 Å². The maximum Gasteiger partial charge on any atom is 0.260 e. The van der Waals surface area contributed by atoms with Gasteiger partial charge in [-0.1, -0.05) is 43.3 Å². The molecule has 4 aromatic rings. The topological polar surface area (TPSA) is 119 Å². The molecule has 4 aromatic carbocycles. The number of ketones is 1. The molecule has 11 nitrogen and oxygen atoms in total. The van der Waals surface area contributed by atoms with Crippen LogP contribution in [0.1, 0.15) is 90.3 Å². The van der Waals surface area contributed by atoms with Crippen LogP contribution in [0.4, 0.5) is 17.1 Å². The van der Waals surface area contributed by atoms with E-state index in [4.69, 9.17) is 24.7 Å². The number of allylic oxidation sites excluding steroid dienone is 3. The zero-order chi connectivity index (χ0) is 45.8. The van der Waals surface area contributed by atoms with Crippen molar-refractivity contribution in [2.75, 3.05) is 71.3 Å². The Morgan fingerprint density at radius 1 is 0.891 bits per heavy atom. The van der Waals surface area contributed by atoms with Crippen LogP contribution in [0, 0.1) is 12.8 Å². The monoisotopic (exact) mass is 867 g/mol. The number of hydrogen-bond acceptors (Lipinski definition) is 10. The lowest BCUT2D eigenvalue weighted by atomic mass is 9.95. The van der Waals surface area contributed by atoms with Gasteiger partial charge in [-0.3, -0.25) is 14.6 Å². The SMILES string of the molecule is C=CC(C)C/C(=C\C)c1ccc(N2CCN(C)CC2)cc1.COc1cc(C(C)=O)c(C)cc1OCCCCCOc1cc2c(cc1OC)C(=O)N1C=C(c3ccc(N)cc3)CC1C=N2. The maximum atomic E-state index is 13.5. The molecule has 0 aromatic heterocycles. The molecule has 3 aliphatic rings. The fourth-order valence-electron chi connectivity index (χ4n) is 8.11. The molecule has 0 bridgehead atoms. The Labute approximate surface area is 379 Å². The molecular weight excluding hydrogens is 803 g/mol. The number of aliphatic imine (C=N–C) groups is 1. The fraction of sp³-hybridized carbons (Fsp3) is 0.377. The number of aryl methyl sites for hydroxylation is 1. The van der Waals surface area contributed by atoms with E-state index in [1.807, 2.05) is 55.7 Å². The normalized spacial score (nSPS) is 16.4. The molecule has 64 heavy (non-hydrogen) atoms. The zero-order valence-electron chi connectivity index (χ0n) is 38.7. The number of methoxy groups -OCH3 is 2. The Kier molecular flexibility index (Phi) is 16.5. The van der Waals surface area contributed by atoms with Crippen LogP contribution in [0.15, 0.2) is 103 Å². The Balaban J connectivity index is 0.000000271. The van der Waals surface area contributed by atoms with Gasteiger partial charge in [-0.2, -0.15) is 0 Å². The van der Waals surface area contributed by atoms with Gasteiger partial charge in [-0.15, -0.1) is 6.58 Å². The number of ether oxygens (including phenoxy) is 4. The number of carbonyl (C=O) groups is 2. The van der Waals surface area contributed by atoms with E-state index in [2.05, 4.69) is 72.6 Å². The Bertz CT molecular complexity index is 2340. The summed E-state index contributed by atoms with van der Waals surface area (Å²) in [6.45, 7) is 17.2. The minimum absolute atomic E-state index is 0.00613. The number of anilines is 2. The fourth-order valence-corrected chi connectivity index (χ4v) is 8.11. The number of nitrogens with zero attached hydrogens (tertiary/aromatic N) is 4. The first-order valence-corrected chi connectivity index (χ1v) is 22.3. The van der Waals surface area contributed by atoms with E-state index in [-0.39, 0.29) is 17.7 Å². The molecule has 0 radical (unpaired) electrons. The summed E-state index contributed by atoms with van der Waals surface area (Å²) in [6, 6.07) is 23.6. The number of nitrogens with two attached hydrogens (primary N) is 1. The number of rotatable bonds is 17. The number of carbonyl (C=O) groups excluding carboxylic acids is 2. The van der Waals surface area contributed by atoms with Crippen molar-refractivity contribution in [3.05, 3.63) is 126 Å². The molecule has 0 spiro atoms. The molecule has 2 unspecified atom stereocenters. The molecule has 1 amide bonds. The number of Topliss-reactive ketones (excluding diaryl/α,β-unsaturated/α-hetero) is 1. The van der Waals surface area contributed by atoms with E-state index < -0.39 is 0 Å². The summed E-state index contributed by atoms with van der Waals surface area (Å²) in [5, 5.41) is 0. The highest BCUT2D eigenvalue weighted by atomic mass is 16.5. The van der Waals surface area contributed by atoms with Crippen LogP contribution in [0.2, 0.25) is 0 Å². The Morgan fingerprint density at radius 3 is 2.14 bits per heavy atom. The van der Waals surface area contributed by atoms with E-state index in [1.165, 1.54) is 23.7 Å². The summed E-state index contributed by atoms with van der Waals surface area (Å²) in [6.07, 6.45) is 12.2. The number of unbranched alkanes of at least 4 members (excludes halogenated alkanes) is 2. The van der Waals surface area contributed by atoms with Gasteiger partial charge in [0.05, 0.1) is 44.7 Å². The van der Waals surface area contributed by atoms with E-state index in [9.17, 15) is 9.59 Å². The highest BCUT2D eigenvalue weighted by Gasteiger charge is 2.33. The first-order chi connectivity index (χ1) is 30.9. The summed E-state index contributed by atoms with van der Waals surface area (Å²) in [7, 11) is 5.32. The van der Waals surface area contributed by atoms with Crippen molar-refractivity contribution >= 4 is 46.1 Å². The average Bonchev–Trinajstić information content (AvgIpc) is 3.69. The Hall–Kier alpha value is -6.33. The third kappa shape index (κ3) is 11.8. The third-order valence-electron chi connectivity index (χ3n) is 12.1. The van der Waals surface area contributed by atoms with Crippen LogP contribution in [0.3, 0.4) is 0 Å². The van der Waals surface area contributed by atoms with Gasteiger partial charge >= 0.3 is 0 Å². The van der Waals surface area contributed by atoms with Gasteiger partial charge in [-0.05, 0) is 130 Å². The smallest absolute Gasteiger partial charge is 0.260 e. The van der Waals surface area contributed by atoms with E-state index in [0.717, 1.165) is 68.6 Å². The predicted molar refractivity (Wildman–Crippen MR) is 261 cm³/mol. The minimum atomic E-state index is -0.166. The summed E-state index contributed by atoms with van der Waals surface area (Å²) in [5.41, 5.74) is 15.2. The molecule has 3 heterocycles. The summed E-state index contributed by atoms with van der Waals surface area (Å²) < 4.78 is 23.0. The van der Waals surface area contributed by atoms with Crippen molar-refractivity contribution < 1.29 is 28.5 Å². The quantitative estimate of drug-likeness (QED) is 0.0479. The lowest BCUT2D eigenvalue weighted by Crippen LogP contribution is -2.44. The van der Waals surface area contributed by atoms with E-state index in [0.29, 0.717) is 71.1 Å². The second-order valence-corrected chi connectivity index (χ2v) is 16.8. The highest BCUT2D eigenvalue weighted by Crippen LogP contribution is 2.40. The standard InChI is InChI=1S/C34H37N3O6.C19H28N2/c1-21-14-32(30(40-3)16-27(21)22(2)38)42-12-6-5-7-13-43-33-18-29-28(17-31(33)41-4)34(39)37-20-24(15-26(37)19-36-29)23-8-10-25(35)11-9-23;1-5-16(3)15-17(6-2)18-7-9-19(10-8-18)21-13-11-20(4)12-14-21/h8-11,14,16-20,26H,5-7,12-13,15,35H2,1-4H3;5-10,16H,1,11-15H2,2-4H3/b;17-6+. The molecule has 7 rings (SSSR count). The second-order valence-electron chi connectivity index (χ2n) is 16.8. The number of nitrogen functional groups attached to an aromatic ring is 1. The minimum Gasteiger partial charge on any atom is -0.493 e. The van der Waals surface area contributed by atoms with Gasteiger partial charge in [0.1, 0.15) is 0 Å². The summed E-state index contributed by atoms with van der Waals surface area (Å²) in [4.78, 5) is 36.6. The number of likely N-dealkylation sites (N-methyl/N-ethyl adjacent to an activating group) is 1. The van der Waals surface area contributed by atoms with E-state index in [1.54, 1.807) is 37.3 Å². The lowest BCUT2D eigenvalue weighted by molar-refractivity contribution is 0.0817. The van der Waals surface area contributed by atoms with Crippen molar-refractivity contribution in [1.82, 2.24) is 9.80 Å². The second kappa shape index (κ2) is 22.3. The van der Waals surface area contributed by atoms with Gasteiger partial charge in [0, 0.05) is 68.0 Å². The first kappa shape index (κ1) is 47.2. The molecule has 1 saturated heterocycles. The number of piperazine rings is 1. The molecular formula is C53H65N5O6. The maximum absolute atomic E-state index is 13.5. The molecule has 3 aliphatic heterocycles. The molecule has 11 heteroatoms. The molecule has 1 fully saturated rings. The van der Waals surface area contributed by atoms with Crippen LogP contribution < -0.4 is 29.6 Å². The molecule has 2 N–H and O–H groups in total.